The Bertz CT molecular complexity index is 345. The molecule has 0 spiro atoms. The van der Waals surface area contributed by atoms with E-state index in [-0.39, 0.29) is 0 Å². The quantitative estimate of drug-likeness (QED) is 0.870. The molecular weight excluding hydrogens is 296 g/mol. The van der Waals surface area contributed by atoms with E-state index < -0.39 is 0 Å². The number of rotatable bonds is 5. The van der Waals surface area contributed by atoms with E-state index >= 15 is 0 Å². The summed E-state index contributed by atoms with van der Waals surface area (Å²) in [5, 5.41) is 7.16. The average Bonchev–Trinajstić information content (AvgIpc) is 2.76. The topological polar surface area (TPSA) is 24.1 Å². The average molecular weight is 317 g/mol. The molecule has 2 nitrogen and oxygen atoms in total. The molecule has 96 valence electrons. The van der Waals surface area contributed by atoms with Gasteiger partial charge in [0.15, 0.2) is 0 Å². The van der Waals surface area contributed by atoms with Gasteiger partial charge in [-0.3, -0.25) is 0 Å². The van der Waals surface area contributed by atoms with Crippen LogP contribution in [0.25, 0.3) is 0 Å². The Hall–Kier alpha value is 0.1000. The highest BCUT2D eigenvalue weighted by Gasteiger charge is 2.29. The third kappa shape index (κ3) is 3.78. The van der Waals surface area contributed by atoms with Gasteiger partial charge in [-0.15, -0.1) is 11.3 Å². The van der Waals surface area contributed by atoms with Gasteiger partial charge in [0.05, 0.1) is 3.79 Å². The summed E-state index contributed by atoms with van der Waals surface area (Å²) in [7, 11) is 0. The molecule has 1 atom stereocenters. The Morgan fingerprint density at radius 1 is 1.53 bits per heavy atom. The molecule has 1 aliphatic heterocycles. The van der Waals surface area contributed by atoms with Crippen molar-refractivity contribution in [1.29, 1.82) is 0 Å². The predicted octanol–water partition coefficient (Wildman–Crippen LogP) is 3.38. The maximum absolute atomic E-state index is 3.63. The Balaban J connectivity index is 1.79. The summed E-state index contributed by atoms with van der Waals surface area (Å²) in [5.74, 6) is 0. The first-order chi connectivity index (χ1) is 8.24. The third-order valence-corrected chi connectivity index (χ3v) is 5.36. The summed E-state index contributed by atoms with van der Waals surface area (Å²) < 4.78 is 1.22. The standard InChI is InChI=1S/C13H21BrN2S/c1-2-13(6-3-7-15-9-13)10-16-8-11-4-5-12(14)17-11/h4-5,15-16H,2-3,6-10H2,1H3. The van der Waals surface area contributed by atoms with Gasteiger partial charge in [-0.2, -0.15) is 0 Å². The van der Waals surface area contributed by atoms with Crippen LogP contribution < -0.4 is 10.6 Å². The molecule has 0 aliphatic carbocycles. The van der Waals surface area contributed by atoms with Crippen LogP contribution in [0, 0.1) is 5.41 Å². The number of hydrogen-bond acceptors (Lipinski definition) is 3. The molecule has 1 fully saturated rings. The zero-order valence-corrected chi connectivity index (χ0v) is 12.8. The molecule has 4 heteroatoms. The Morgan fingerprint density at radius 3 is 3.00 bits per heavy atom. The Kier molecular flexibility index (Phi) is 5.03. The van der Waals surface area contributed by atoms with Crippen LogP contribution in [-0.4, -0.2) is 19.6 Å². The monoisotopic (exact) mass is 316 g/mol. The highest BCUT2D eigenvalue weighted by atomic mass is 79.9. The highest BCUT2D eigenvalue weighted by molar-refractivity contribution is 9.11. The van der Waals surface area contributed by atoms with E-state index in [0.717, 1.165) is 13.1 Å². The minimum absolute atomic E-state index is 0.479. The largest absolute Gasteiger partial charge is 0.316 e. The van der Waals surface area contributed by atoms with Gasteiger partial charge in [0.2, 0.25) is 0 Å². The van der Waals surface area contributed by atoms with Crippen LogP contribution in [0.3, 0.4) is 0 Å². The van der Waals surface area contributed by atoms with Crippen molar-refractivity contribution in [3.05, 3.63) is 20.8 Å². The van der Waals surface area contributed by atoms with Crippen LogP contribution in [0.5, 0.6) is 0 Å². The van der Waals surface area contributed by atoms with Crippen LogP contribution >= 0.6 is 27.3 Å². The molecule has 0 aromatic carbocycles. The maximum atomic E-state index is 3.63. The molecule has 2 N–H and O–H groups in total. The fourth-order valence-corrected chi connectivity index (χ4v) is 3.96. The zero-order chi connectivity index (χ0) is 12.1. The number of piperidine rings is 1. The van der Waals surface area contributed by atoms with Gasteiger partial charge in [-0.05, 0) is 59.3 Å². The van der Waals surface area contributed by atoms with Gasteiger partial charge in [-0.1, -0.05) is 6.92 Å². The van der Waals surface area contributed by atoms with Crippen molar-refractivity contribution in [2.75, 3.05) is 19.6 Å². The summed E-state index contributed by atoms with van der Waals surface area (Å²) >= 11 is 5.33. The third-order valence-electron chi connectivity index (χ3n) is 3.74. The second kappa shape index (κ2) is 6.32. The molecule has 17 heavy (non-hydrogen) atoms. The van der Waals surface area contributed by atoms with Gasteiger partial charge in [-0.25, -0.2) is 0 Å². The maximum Gasteiger partial charge on any atom is 0.0701 e. The molecule has 0 radical (unpaired) electrons. The second-order valence-corrected chi connectivity index (χ2v) is 7.49. The predicted molar refractivity (Wildman–Crippen MR) is 78.6 cm³/mol. The van der Waals surface area contributed by atoms with Crippen molar-refractivity contribution in [2.45, 2.75) is 32.7 Å². The number of nitrogens with one attached hydrogen (secondary N) is 2. The van der Waals surface area contributed by atoms with Crippen molar-refractivity contribution >= 4 is 27.3 Å². The first-order valence-corrected chi connectivity index (χ1v) is 8.01. The minimum atomic E-state index is 0.479. The van der Waals surface area contributed by atoms with Crippen LogP contribution in [-0.2, 0) is 6.54 Å². The molecule has 1 aromatic heterocycles. The van der Waals surface area contributed by atoms with Crippen molar-refractivity contribution in [3.8, 4) is 0 Å². The summed E-state index contributed by atoms with van der Waals surface area (Å²) in [4.78, 5) is 1.41. The Morgan fingerprint density at radius 2 is 2.41 bits per heavy atom. The smallest absolute Gasteiger partial charge is 0.0701 e. The lowest BCUT2D eigenvalue weighted by molar-refractivity contribution is 0.192. The van der Waals surface area contributed by atoms with E-state index in [1.54, 1.807) is 0 Å². The van der Waals surface area contributed by atoms with E-state index in [0.29, 0.717) is 5.41 Å². The lowest BCUT2D eigenvalue weighted by atomic mass is 9.78. The molecule has 0 amide bonds. The van der Waals surface area contributed by atoms with Crippen molar-refractivity contribution in [1.82, 2.24) is 10.6 Å². The molecule has 2 heterocycles. The summed E-state index contributed by atoms with van der Waals surface area (Å²) in [6.45, 7) is 6.81. The minimum Gasteiger partial charge on any atom is -0.316 e. The fourth-order valence-electron chi connectivity index (χ4n) is 2.51. The van der Waals surface area contributed by atoms with Crippen molar-refractivity contribution in [3.63, 3.8) is 0 Å². The normalized spacial score (nSPS) is 25.1. The van der Waals surface area contributed by atoms with Gasteiger partial charge in [0.1, 0.15) is 0 Å². The molecule has 0 bridgehead atoms. The van der Waals surface area contributed by atoms with Gasteiger partial charge in [0.25, 0.3) is 0 Å². The lowest BCUT2D eigenvalue weighted by Crippen LogP contribution is -2.45. The van der Waals surface area contributed by atoms with Gasteiger partial charge in [0, 0.05) is 24.5 Å². The molecule has 1 unspecified atom stereocenters. The van der Waals surface area contributed by atoms with Crippen LogP contribution in [0.2, 0.25) is 0 Å². The van der Waals surface area contributed by atoms with Crippen molar-refractivity contribution < 1.29 is 0 Å². The molecule has 1 aromatic rings. The Labute approximate surface area is 116 Å². The second-order valence-electron chi connectivity index (χ2n) is 4.94. The van der Waals surface area contributed by atoms with Crippen LogP contribution in [0.15, 0.2) is 15.9 Å². The van der Waals surface area contributed by atoms with E-state index in [9.17, 15) is 0 Å². The highest BCUT2D eigenvalue weighted by Crippen LogP contribution is 2.29. The molecule has 2 rings (SSSR count). The number of halogens is 1. The molecular formula is C13H21BrN2S. The first-order valence-electron chi connectivity index (χ1n) is 6.40. The van der Waals surface area contributed by atoms with Gasteiger partial charge < -0.3 is 10.6 Å². The lowest BCUT2D eigenvalue weighted by Gasteiger charge is -2.37. The summed E-state index contributed by atoms with van der Waals surface area (Å²) in [6, 6.07) is 4.32. The number of hydrogen-bond donors (Lipinski definition) is 2. The van der Waals surface area contributed by atoms with Crippen molar-refractivity contribution in [2.24, 2.45) is 5.41 Å². The first kappa shape index (κ1) is 13.5. The van der Waals surface area contributed by atoms with E-state index in [4.69, 9.17) is 0 Å². The molecule has 1 aliphatic rings. The van der Waals surface area contributed by atoms with E-state index in [1.807, 2.05) is 11.3 Å². The molecule has 0 saturated carbocycles. The van der Waals surface area contributed by atoms with E-state index in [1.165, 1.54) is 41.0 Å². The summed E-state index contributed by atoms with van der Waals surface area (Å²) in [5.41, 5.74) is 0.479. The van der Waals surface area contributed by atoms with E-state index in [2.05, 4.69) is 45.6 Å². The zero-order valence-electron chi connectivity index (χ0n) is 10.4. The SMILES string of the molecule is CCC1(CNCc2ccc(Br)s2)CCCNC1. The fraction of sp³-hybridized carbons (Fsp3) is 0.692. The van der Waals surface area contributed by atoms with Gasteiger partial charge >= 0.3 is 0 Å². The summed E-state index contributed by atoms with van der Waals surface area (Å²) in [6.07, 6.45) is 3.94. The van der Waals surface area contributed by atoms with Crippen LogP contribution in [0.4, 0.5) is 0 Å². The molecule has 1 saturated heterocycles. The number of thiophene rings is 1. The van der Waals surface area contributed by atoms with Crippen LogP contribution in [0.1, 0.15) is 31.1 Å².